The Hall–Kier alpha value is -2.64. The molecule has 0 atom stereocenters. The van der Waals surface area contributed by atoms with E-state index in [0.29, 0.717) is 20.5 Å². The molecule has 1 fully saturated rings. The topological polar surface area (TPSA) is 66.8 Å². The van der Waals surface area contributed by atoms with E-state index in [2.05, 4.69) is 0 Å². The van der Waals surface area contributed by atoms with Crippen molar-refractivity contribution >= 4 is 51.9 Å². The third-order valence-corrected chi connectivity index (χ3v) is 5.62. The summed E-state index contributed by atoms with van der Waals surface area (Å²) in [6.45, 7) is 4.07. The van der Waals surface area contributed by atoms with Crippen molar-refractivity contribution in [2.45, 2.75) is 20.3 Å². The molecule has 0 unspecified atom stereocenters. The van der Waals surface area contributed by atoms with Gasteiger partial charge in [0.25, 0.3) is 5.91 Å². The number of anilines is 1. The van der Waals surface area contributed by atoms with Gasteiger partial charge in [-0.25, -0.2) is 0 Å². The van der Waals surface area contributed by atoms with Gasteiger partial charge in [-0.1, -0.05) is 48.2 Å². The summed E-state index contributed by atoms with van der Waals surface area (Å²) >= 11 is 6.67. The molecular weight excluding hydrogens is 394 g/mol. The highest BCUT2D eigenvalue weighted by Gasteiger charge is 2.33. The SMILES string of the molecule is Cc1ccc(N2C(=O)/C(=C\c3ccccc3OCCC(=O)O)SC2=S)cc1C. The molecule has 0 radical (unpaired) electrons. The van der Waals surface area contributed by atoms with Crippen molar-refractivity contribution in [1.29, 1.82) is 0 Å². The summed E-state index contributed by atoms with van der Waals surface area (Å²) in [4.78, 5) is 25.7. The smallest absolute Gasteiger partial charge is 0.306 e. The van der Waals surface area contributed by atoms with Crippen molar-refractivity contribution in [3.63, 3.8) is 0 Å². The van der Waals surface area contributed by atoms with Crippen LogP contribution in [-0.4, -0.2) is 27.9 Å². The highest BCUT2D eigenvalue weighted by Crippen LogP contribution is 2.37. The van der Waals surface area contributed by atoms with Crippen LogP contribution in [0.4, 0.5) is 5.69 Å². The van der Waals surface area contributed by atoms with E-state index in [0.717, 1.165) is 16.8 Å². The van der Waals surface area contributed by atoms with Gasteiger partial charge in [0.15, 0.2) is 4.32 Å². The van der Waals surface area contributed by atoms with Crippen LogP contribution in [0, 0.1) is 13.8 Å². The van der Waals surface area contributed by atoms with Crippen molar-refractivity contribution in [2.24, 2.45) is 0 Å². The largest absolute Gasteiger partial charge is 0.492 e. The van der Waals surface area contributed by atoms with Gasteiger partial charge < -0.3 is 9.84 Å². The number of aliphatic carboxylic acids is 1. The highest BCUT2D eigenvalue weighted by molar-refractivity contribution is 8.27. The summed E-state index contributed by atoms with van der Waals surface area (Å²) in [6, 6.07) is 13.0. The zero-order valence-corrected chi connectivity index (χ0v) is 17.1. The van der Waals surface area contributed by atoms with Gasteiger partial charge >= 0.3 is 5.97 Å². The van der Waals surface area contributed by atoms with Gasteiger partial charge in [0.2, 0.25) is 0 Å². The van der Waals surface area contributed by atoms with Gasteiger partial charge in [-0.05, 0) is 49.2 Å². The summed E-state index contributed by atoms with van der Waals surface area (Å²) in [7, 11) is 0. The van der Waals surface area contributed by atoms with Crippen molar-refractivity contribution in [3.8, 4) is 5.75 Å². The summed E-state index contributed by atoms with van der Waals surface area (Å²) in [5, 5.41) is 8.77. The number of carbonyl (C=O) groups is 2. The van der Waals surface area contributed by atoms with Crippen LogP contribution in [-0.2, 0) is 9.59 Å². The fraction of sp³-hybridized carbons (Fsp3) is 0.190. The molecular formula is C21H19NO4S2. The Labute approximate surface area is 173 Å². The average Bonchev–Trinajstić information content (AvgIpc) is 2.92. The number of amides is 1. The fourth-order valence-corrected chi connectivity index (χ4v) is 3.97. The van der Waals surface area contributed by atoms with Crippen LogP contribution in [0.2, 0.25) is 0 Å². The Morgan fingerprint density at radius 1 is 1.21 bits per heavy atom. The quantitative estimate of drug-likeness (QED) is 0.553. The zero-order chi connectivity index (χ0) is 20.3. The van der Waals surface area contributed by atoms with Crippen LogP contribution in [0.5, 0.6) is 5.75 Å². The van der Waals surface area contributed by atoms with Crippen LogP contribution in [0.3, 0.4) is 0 Å². The Morgan fingerprint density at radius 2 is 1.96 bits per heavy atom. The normalized spacial score (nSPS) is 15.4. The Morgan fingerprint density at radius 3 is 2.68 bits per heavy atom. The van der Waals surface area contributed by atoms with Gasteiger partial charge in [-0.2, -0.15) is 0 Å². The number of para-hydroxylation sites is 1. The lowest BCUT2D eigenvalue weighted by atomic mass is 10.1. The Bertz CT molecular complexity index is 984. The number of carboxylic acid groups (broad SMARTS) is 1. The van der Waals surface area contributed by atoms with E-state index < -0.39 is 5.97 Å². The number of carboxylic acids is 1. The molecule has 2 aromatic carbocycles. The van der Waals surface area contributed by atoms with Crippen molar-refractivity contribution in [2.75, 3.05) is 11.5 Å². The molecule has 3 rings (SSSR count). The monoisotopic (exact) mass is 413 g/mol. The number of ether oxygens (including phenoxy) is 1. The second-order valence-corrected chi connectivity index (χ2v) is 7.99. The van der Waals surface area contributed by atoms with E-state index in [-0.39, 0.29) is 18.9 Å². The Balaban J connectivity index is 1.86. The lowest BCUT2D eigenvalue weighted by Crippen LogP contribution is -2.27. The predicted octanol–water partition coefficient (Wildman–Crippen LogP) is 4.56. The maximum absolute atomic E-state index is 13.0. The maximum Gasteiger partial charge on any atom is 0.306 e. The number of nitrogens with zero attached hydrogens (tertiary/aromatic N) is 1. The van der Waals surface area contributed by atoms with E-state index in [4.69, 9.17) is 22.1 Å². The number of rotatable bonds is 6. The lowest BCUT2D eigenvalue weighted by Gasteiger charge is -2.16. The molecule has 144 valence electrons. The molecule has 0 aromatic heterocycles. The van der Waals surface area contributed by atoms with Gasteiger partial charge in [-0.3, -0.25) is 14.5 Å². The lowest BCUT2D eigenvalue weighted by molar-refractivity contribution is -0.137. The van der Waals surface area contributed by atoms with E-state index in [1.807, 2.05) is 44.2 Å². The van der Waals surface area contributed by atoms with Crippen molar-refractivity contribution in [1.82, 2.24) is 0 Å². The first-order chi connectivity index (χ1) is 13.4. The van der Waals surface area contributed by atoms with Crippen molar-refractivity contribution in [3.05, 3.63) is 64.1 Å². The van der Waals surface area contributed by atoms with Crippen LogP contribution in [0.15, 0.2) is 47.4 Å². The molecule has 1 aliphatic rings. The minimum Gasteiger partial charge on any atom is -0.492 e. The number of thiocarbonyl (C=S) groups is 1. The first-order valence-corrected chi connectivity index (χ1v) is 9.88. The number of hydrogen-bond donors (Lipinski definition) is 1. The third kappa shape index (κ3) is 4.43. The molecule has 7 heteroatoms. The molecule has 0 spiro atoms. The molecule has 1 amide bonds. The van der Waals surface area contributed by atoms with Crippen LogP contribution in [0.1, 0.15) is 23.1 Å². The van der Waals surface area contributed by atoms with Gasteiger partial charge in [0.05, 0.1) is 23.6 Å². The molecule has 1 heterocycles. The molecule has 28 heavy (non-hydrogen) atoms. The van der Waals surface area contributed by atoms with Crippen molar-refractivity contribution < 1.29 is 19.4 Å². The summed E-state index contributed by atoms with van der Waals surface area (Å²) < 4.78 is 6.04. The minimum atomic E-state index is -0.924. The second kappa shape index (κ2) is 8.58. The zero-order valence-electron chi connectivity index (χ0n) is 15.5. The number of aryl methyl sites for hydroxylation is 2. The fourth-order valence-electron chi connectivity index (χ4n) is 2.68. The predicted molar refractivity (Wildman–Crippen MR) is 116 cm³/mol. The average molecular weight is 414 g/mol. The molecule has 0 saturated carbocycles. The molecule has 1 aliphatic heterocycles. The molecule has 1 saturated heterocycles. The first-order valence-electron chi connectivity index (χ1n) is 8.65. The molecule has 5 nitrogen and oxygen atoms in total. The molecule has 1 N–H and O–H groups in total. The molecule has 2 aromatic rings. The minimum absolute atomic E-state index is 0.0593. The number of carbonyl (C=O) groups excluding carboxylic acids is 1. The Kier molecular flexibility index (Phi) is 6.16. The van der Waals surface area contributed by atoms with Gasteiger partial charge in [0.1, 0.15) is 5.75 Å². The van der Waals surface area contributed by atoms with Crippen LogP contribution in [0.25, 0.3) is 6.08 Å². The van der Waals surface area contributed by atoms with Gasteiger partial charge in [-0.15, -0.1) is 0 Å². The number of hydrogen-bond acceptors (Lipinski definition) is 5. The first kappa shape index (κ1) is 20.1. The number of thioether (sulfide) groups is 1. The van der Waals surface area contributed by atoms with Gasteiger partial charge in [0, 0.05) is 5.56 Å². The van der Waals surface area contributed by atoms with Crippen LogP contribution >= 0.6 is 24.0 Å². The second-order valence-electron chi connectivity index (χ2n) is 6.32. The number of benzene rings is 2. The highest BCUT2D eigenvalue weighted by atomic mass is 32.2. The maximum atomic E-state index is 13.0. The standard InChI is InChI=1S/C21H19NO4S2/c1-13-7-8-16(11-14(13)2)22-20(25)18(28-21(22)27)12-15-5-3-4-6-17(15)26-10-9-19(23)24/h3-8,11-12H,9-10H2,1-2H3,(H,23,24)/b18-12+. The summed E-state index contributed by atoms with van der Waals surface area (Å²) in [5.74, 6) is -0.578. The van der Waals surface area contributed by atoms with E-state index >= 15 is 0 Å². The molecule has 0 bridgehead atoms. The summed E-state index contributed by atoms with van der Waals surface area (Å²) in [5.41, 5.74) is 3.69. The van der Waals surface area contributed by atoms with E-state index in [1.165, 1.54) is 16.7 Å². The van der Waals surface area contributed by atoms with E-state index in [1.54, 1.807) is 18.2 Å². The summed E-state index contributed by atoms with van der Waals surface area (Å²) in [6.07, 6.45) is 1.64. The molecule has 0 aliphatic carbocycles. The van der Waals surface area contributed by atoms with E-state index in [9.17, 15) is 9.59 Å². The van der Waals surface area contributed by atoms with Crippen LogP contribution < -0.4 is 9.64 Å². The third-order valence-electron chi connectivity index (χ3n) is 4.32.